The van der Waals surface area contributed by atoms with Crippen molar-refractivity contribution >= 4 is 22.6 Å². The van der Waals surface area contributed by atoms with Gasteiger partial charge in [0, 0.05) is 63.8 Å². The van der Waals surface area contributed by atoms with E-state index >= 15 is 0 Å². The maximum absolute atomic E-state index is 13.4. The van der Waals surface area contributed by atoms with Crippen LogP contribution in [-0.2, 0) is 17.8 Å². The molecule has 2 aromatic carbocycles. The van der Waals surface area contributed by atoms with Crippen LogP contribution in [0.1, 0.15) is 29.8 Å². The summed E-state index contributed by atoms with van der Waals surface area (Å²) in [5.74, 6) is 3.57. The highest BCUT2D eigenvalue weighted by Gasteiger charge is 2.32. The van der Waals surface area contributed by atoms with Gasteiger partial charge in [-0.05, 0) is 48.2 Å². The number of nitrogens with zero attached hydrogens (tertiary/aromatic N) is 5. The highest BCUT2D eigenvalue weighted by molar-refractivity contribution is 7.09. The Labute approximate surface area is 227 Å². The molecule has 3 aliphatic rings. The number of aromatic nitrogens is 2. The second-order valence-corrected chi connectivity index (χ2v) is 10.8. The number of anilines is 1. The largest absolute Gasteiger partial charge is 0.497 e. The van der Waals surface area contributed by atoms with E-state index in [-0.39, 0.29) is 11.8 Å². The Bertz CT molecular complexity index is 1280. The number of ether oxygens (including phenoxy) is 3. The van der Waals surface area contributed by atoms with E-state index in [0.29, 0.717) is 19.8 Å². The minimum Gasteiger partial charge on any atom is -0.497 e. The summed E-state index contributed by atoms with van der Waals surface area (Å²) in [5, 5.41) is 0.911. The first-order valence-corrected chi connectivity index (χ1v) is 14.0. The lowest BCUT2D eigenvalue weighted by Gasteiger charge is -2.39. The number of fused-ring (bicyclic) bond motifs is 1. The molecular weight excluding hydrogens is 502 g/mol. The van der Waals surface area contributed by atoms with E-state index in [2.05, 4.69) is 37.3 Å². The zero-order valence-corrected chi connectivity index (χ0v) is 22.5. The molecule has 9 nitrogen and oxygen atoms in total. The van der Waals surface area contributed by atoms with E-state index in [1.165, 1.54) is 17.1 Å². The number of carbonyl (C=O) groups excluding carboxylic acids is 1. The standard InChI is InChI=1S/C28H33N5O4S/c1-35-23-6-2-4-20(14-23)16-26-29-28(38-30-26)33-9-3-5-22(18-33)27(34)32-12-10-31(11-13-32)17-21-7-8-24-25(15-21)37-19-36-24/h2,4,6-8,14-15,22H,3,5,9-13,16-19H2,1H3. The Hall–Kier alpha value is -3.37. The van der Waals surface area contributed by atoms with Crippen molar-refractivity contribution in [2.24, 2.45) is 5.92 Å². The van der Waals surface area contributed by atoms with Crippen LogP contribution in [-0.4, -0.2) is 78.2 Å². The second-order valence-electron chi connectivity index (χ2n) is 10.1. The highest BCUT2D eigenvalue weighted by Crippen LogP contribution is 2.33. The number of amides is 1. The van der Waals surface area contributed by atoms with Crippen molar-refractivity contribution in [2.45, 2.75) is 25.8 Å². The number of rotatable bonds is 7. The Morgan fingerprint density at radius 1 is 1.05 bits per heavy atom. The lowest BCUT2D eigenvalue weighted by Crippen LogP contribution is -2.52. The van der Waals surface area contributed by atoms with Crippen LogP contribution in [0.15, 0.2) is 42.5 Å². The molecule has 3 aliphatic heterocycles. The molecule has 3 aromatic rings. The molecule has 2 fully saturated rings. The van der Waals surface area contributed by atoms with Crippen molar-refractivity contribution in [1.82, 2.24) is 19.2 Å². The minimum absolute atomic E-state index is 0.00916. The Morgan fingerprint density at radius 2 is 1.92 bits per heavy atom. The summed E-state index contributed by atoms with van der Waals surface area (Å²) >= 11 is 1.43. The molecule has 200 valence electrons. The van der Waals surface area contributed by atoms with E-state index < -0.39 is 0 Å². The van der Waals surface area contributed by atoms with Gasteiger partial charge in [-0.15, -0.1) is 0 Å². The van der Waals surface area contributed by atoms with Gasteiger partial charge in [-0.25, -0.2) is 4.98 Å². The van der Waals surface area contributed by atoms with Gasteiger partial charge in [-0.3, -0.25) is 9.69 Å². The molecule has 1 amide bonds. The van der Waals surface area contributed by atoms with E-state index in [1.807, 2.05) is 24.3 Å². The summed E-state index contributed by atoms with van der Waals surface area (Å²) in [6.07, 6.45) is 2.59. The summed E-state index contributed by atoms with van der Waals surface area (Å²) in [6, 6.07) is 14.1. The predicted octanol–water partition coefficient (Wildman–Crippen LogP) is 3.43. The zero-order chi connectivity index (χ0) is 25.9. The molecule has 1 aromatic heterocycles. The molecular formula is C28H33N5O4S. The molecule has 0 saturated carbocycles. The van der Waals surface area contributed by atoms with Crippen LogP contribution >= 0.6 is 11.5 Å². The van der Waals surface area contributed by atoms with E-state index in [0.717, 1.165) is 85.9 Å². The quantitative estimate of drug-likeness (QED) is 0.455. The van der Waals surface area contributed by atoms with Crippen LogP contribution < -0.4 is 19.1 Å². The van der Waals surface area contributed by atoms with Gasteiger partial charge >= 0.3 is 0 Å². The number of methoxy groups -OCH3 is 1. The first-order chi connectivity index (χ1) is 18.6. The van der Waals surface area contributed by atoms with Crippen LogP contribution in [0.5, 0.6) is 17.2 Å². The number of hydrogen-bond donors (Lipinski definition) is 0. The number of piperazine rings is 1. The van der Waals surface area contributed by atoms with Gasteiger partial charge < -0.3 is 24.0 Å². The predicted molar refractivity (Wildman–Crippen MR) is 145 cm³/mol. The summed E-state index contributed by atoms with van der Waals surface area (Å²) in [5.41, 5.74) is 2.33. The number of piperidine rings is 1. The summed E-state index contributed by atoms with van der Waals surface area (Å²) in [7, 11) is 1.67. The summed E-state index contributed by atoms with van der Waals surface area (Å²) < 4.78 is 20.9. The van der Waals surface area contributed by atoms with E-state index in [1.54, 1.807) is 7.11 Å². The maximum atomic E-state index is 13.4. The van der Waals surface area contributed by atoms with Gasteiger partial charge in [-0.1, -0.05) is 18.2 Å². The fourth-order valence-corrected chi connectivity index (χ4v) is 6.16. The van der Waals surface area contributed by atoms with Crippen molar-refractivity contribution < 1.29 is 19.0 Å². The third kappa shape index (κ3) is 5.56. The average molecular weight is 536 g/mol. The maximum Gasteiger partial charge on any atom is 0.231 e. The third-order valence-corrected chi connectivity index (χ3v) is 8.34. The lowest BCUT2D eigenvalue weighted by molar-refractivity contribution is -0.137. The number of hydrogen-bond acceptors (Lipinski definition) is 9. The zero-order valence-electron chi connectivity index (χ0n) is 21.7. The fourth-order valence-electron chi connectivity index (χ4n) is 5.44. The highest BCUT2D eigenvalue weighted by atomic mass is 32.1. The van der Waals surface area contributed by atoms with Gasteiger partial charge in [0.05, 0.1) is 13.0 Å². The summed E-state index contributed by atoms with van der Waals surface area (Å²) in [6.45, 7) is 6.06. The third-order valence-electron chi connectivity index (χ3n) is 7.52. The topological polar surface area (TPSA) is 80.3 Å². The van der Waals surface area contributed by atoms with E-state index in [4.69, 9.17) is 19.2 Å². The first-order valence-electron chi connectivity index (χ1n) is 13.2. The molecule has 0 radical (unpaired) electrons. The minimum atomic E-state index is 0.00916. The van der Waals surface area contributed by atoms with Crippen molar-refractivity contribution in [3.05, 3.63) is 59.4 Å². The van der Waals surface area contributed by atoms with Crippen molar-refractivity contribution in [3.63, 3.8) is 0 Å². The molecule has 10 heteroatoms. The van der Waals surface area contributed by atoms with Gasteiger partial charge in [0.25, 0.3) is 0 Å². The molecule has 1 atom stereocenters. The average Bonchev–Trinajstić information content (AvgIpc) is 3.63. The van der Waals surface area contributed by atoms with Gasteiger partial charge in [0.15, 0.2) is 11.5 Å². The van der Waals surface area contributed by atoms with Crippen LogP contribution in [0.25, 0.3) is 0 Å². The Kier molecular flexibility index (Phi) is 7.33. The van der Waals surface area contributed by atoms with Crippen LogP contribution in [0.3, 0.4) is 0 Å². The smallest absolute Gasteiger partial charge is 0.231 e. The molecule has 38 heavy (non-hydrogen) atoms. The molecule has 6 rings (SSSR count). The van der Waals surface area contributed by atoms with Crippen molar-refractivity contribution in [1.29, 1.82) is 0 Å². The fraction of sp³-hybridized carbons (Fsp3) is 0.464. The Balaban J connectivity index is 1.01. The molecule has 0 bridgehead atoms. The number of carbonyl (C=O) groups is 1. The number of benzene rings is 2. The SMILES string of the molecule is COc1cccc(Cc2nsc(N3CCCC(C(=O)N4CCN(Cc5ccc6c(c5)OCO6)CC4)C3)n2)c1. The molecule has 1 unspecified atom stereocenters. The van der Waals surface area contributed by atoms with E-state index in [9.17, 15) is 4.79 Å². The molecule has 2 saturated heterocycles. The normalized spacial score (nSPS) is 19.6. The molecule has 0 spiro atoms. The molecule has 0 aliphatic carbocycles. The first kappa shape index (κ1) is 24.9. The van der Waals surface area contributed by atoms with Crippen molar-refractivity contribution in [2.75, 3.05) is 58.1 Å². The van der Waals surface area contributed by atoms with Crippen LogP contribution in [0.4, 0.5) is 5.13 Å². The van der Waals surface area contributed by atoms with Crippen LogP contribution in [0, 0.1) is 5.92 Å². The summed E-state index contributed by atoms with van der Waals surface area (Å²) in [4.78, 5) is 24.9. The van der Waals surface area contributed by atoms with Gasteiger partial charge in [-0.2, -0.15) is 4.37 Å². The van der Waals surface area contributed by atoms with Gasteiger partial charge in [0.2, 0.25) is 17.8 Å². The second kappa shape index (κ2) is 11.2. The monoisotopic (exact) mass is 535 g/mol. The Morgan fingerprint density at radius 3 is 2.79 bits per heavy atom. The van der Waals surface area contributed by atoms with Crippen LogP contribution in [0.2, 0.25) is 0 Å². The van der Waals surface area contributed by atoms with Crippen molar-refractivity contribution in [3.8, 4) is 17.2 Å². The lowest BCUT2D eigenvalue weighted by atomic mass is 9.96. The molecule has 4 heterocycles. The molecule has 0 N–H and O–H groups in total. The van der Waals surface area contributed by atoms with Gasteiger partial charge in [0.1, 0.15) is 11.6 Å².